The highest BCUT2D eigenvalue weighted by Gasteiger charge is 2.22. The normalized spacial score (nSPS) is 12.5. The third-order valence-electron chi connectivity index (χ3n) is 4.31. The van der Waals surface area contributed by atoms with Crippen LogP contribution in [0.15, 0.2) is 30.3 Å². The topological polar surface area (TPSA) is 34.1 Å². The van der Waals surface area contributed by atoms with Gasteiger partial charge in [-0.1, -0.05) is 23.2 Å². The van der Waals surface area contributed by atoms with Gasteiger partial charge in [-0.25, -0.2) is 4.98 Å². The van der Waals surface area contributed by atoms with E-state index in [1.54, 1.807) is 24.5 Å². The van der Waals surface area contributed by atoms with Crippen molar-refractivity contribution in [3.8, 4) is 17.0 Å². The average molecular weight is 391 g/mol. The van der Waals surface area contributed by atoms with Crippen LogP contribution in [-0.2, 0) is 12.8 Å². The number of nitrogens with one attached hydrogen (secondary N) is 1. The molecule has 0 saturated heterocycles. The second-order valence-corrected chi connectivity index (χ2v) is 8.01. The lowest BCUT2D eigenvalue weighted by molar-refractivity contribution is 0.411. The van der Waals surface area contributed by atoms with E-state index in [9.17, 15) is 0 Å². The lowest BCUT2D eigenvalue weighted by atomic mass is 9.91. The summed E-state index contributed by atoms with van der Waals surface area (Å²) in [6.07, 6.45) is 1.99. The SMILES string of the molecule is COc1cc2c(cc1C)-c1nc(Nc3cc(Cl)cc(Cl)c3)sc1CC2. The number of aryl methyl sites for hydroxylation is 3. The molecule has 0 radical (unpaired) electrons. The van der Waals surface area contributed by atoms with Crippen LogP contribution in [0.4, 0.5) is 10.8 Å². The molecule has 1 aliphatic carbocycles. The number of anilines is 2. The Labute approximate surface area is 160 Å². The molecule has 0 saturated carbocycles. The van der Waals surface area contributed by atoms with Crippen molar-refractivity contribution in [3.63, 3.8) is 0 Å². The molecule has 0 unspecified atom stereocenters. The molecule has 3 nitrogen and oxygen atoms in total. The first-order valence-electron chi connectivity index (χ1n) is 7.94. The number of halogens is 2. The van der Waals surface area contributed by atoms with E-state index in [1.165, 1.54) is 16.0 Å². The molecule has 6 heteroatoms. The van der Waals surface area contributed by atoms with E-state index < -0.39 is 0 Å². The van der Waals surface area contributed by atoms with Gasteiger partial charge in [0.05, 0.1) is 12.8 Å². The van der Waals surface area contributed by atoms with Crippen molar-refractivity contribution in [2.24, 2.45) is 0 Å². The molecule has 0 fully saturated rings. The van der Waals surface area contributed by atoms with Crippen molar-refractivity contribution in [1.29, 1.82) is 0 Å². The molecule has 4 rings (SSSR count). The van der Waals surface area contributed by atoms with Crippen molar-refractivity contribution in [2.75, 3.05) is 12.4 Å². The van der Waals surface area contributed by atoms with E-state index in [0.717, 1.165) is 40.7 Å². The van der Waals surface area contributed by atoms with Crippen molar-refractivity contribution in [2.45, 2.75) is 19.8 Å². The molecule has 0 atom stereocenters. The van der Waals surface area contributed by atoms with E-state index in [4.69, 9.17) is 32.9 Å². The van der Waals surface area contributed by atoms with Crippen molar-refractivity contribution in [3.05, 3.63) is 56.4 Å². The highest BCUT2D eigenvalue weighted by molar-refractivity contribution is 7.16. The third kappa shape index (κ3) is 3.22. The van der Waals surface area contributed by atoms with Gasteiger partial charge in [-0.15, -0.1) is 11.3 Å². The van der Waals surface area contributed by atoms with Crippen LogP contribution in [0, 0.1) is 6.92 Å². The zero-order chi connectivity index (χ0) is 17.6. The predicted molar refractivity (Wildman–Crippen MR) is 106 cm³/mol. The largest absolute Gasteiger partial charge is 0.496 e. The Morgan fingerprint density at radius 1 is 1.08 bits per heavy atom. The minimum atomic E-state index is 0.601. The number of rotatable bonds is 3. The Kier molecular flexibility index (Phi) is 4.36. The van der Waals surface area contributed by atoms with Crippen molar-refractivity contribution >= 4 is 45.4 Å². The maximum atomic E-state index is 6.08. The molecular weight excluding hydrogens is 375 g/mol. The number of methoxy groups -OCH3 is 1. The molecule has 25 heavy (non-hydrogen) atoms. The highest BCUT2D eigenvalue weighted by atomic mass is 35.5. The van der Waals surface area contributed by atoms with Crippen molar-refractivity contribution < 1.29 is 4.74 Å². The summed E-state index contributed by atoms with van der Waals surface area (Å²) in [5.41, 5.74) is 5.52. The van der Waals surface area contributed by atoms with Crippen LogP contribution in [0.25, 0.3) is 11.3 Å². The molecule has 0 amide bonds. The molecule has 0 spiro atoms. The number of nitrogens with zero attached hydrogens (tertiary/aromatic N) is 1. The third-order valence-corrected chi connectivity index (χ3v) is 5.78. The lowest BCUT2D eigenvalue weighted by Gasteiger charge is -2.17. The Morgan fingerprint density at radius 3 is 2.56 bits per heavy atom. The fraction of sp³-hybridized carbons (Fsp3) is 0.211. The number of aromatic nitrogens is 1. The van der Waals surface area contributed by atoms with Crippen molar-refractivity contribution in [1.82, 2.24) is 4.98 Å². The molecule has 1 heterocycles. The molecule has 1 aliphatic rings. The number of hydrogen-bond acceptors (Lipinski definition) is 4. The van der Waals surface area contributed by atoms with Crippen LogP contribution in [0.2, 0.25) is 10.0 Å². The van der Waals surface area contributed by atoms with Gasteiger partial charge in [0, 0.05) is 26.2 Å². The number of benzene rings is 2. The number of fused-ring (bicyclic) bond motifs is 3. The summed E-state index contributed by atoms with van der Waals surface area (Å²) < 4.78 is 5.45. The average Bonchev–Trinajstić information content (AvgIpc) is 2.96. The second kappa shape index (κ2) is 6.52. The molecule has 2 aromatic carbocycles. The zero-order valence-corrected chi connectivity index (χ0v) is 16.1. The van der Waals surface area contributed by atoms with Gasteiger partial charge in [-0.3, -0.25) is 0 Å². The van der Waals surface area contributed by atoms with Gasteiger partial charge in [0.2, 0.25) is 0 Å². The van der Waals surface area contributed by atoms with E-state index in [0.29, 0.717) is 10.0 Å². The van der Waals surface area contributed by atoms with Gasteiger partial charge in [0.15, 0.2) is 5.13 Å². The summed E-state index contributed by atoms with van der Waals surface area (Å²) in [7, 11) is 1.71. The highest BCUT2D eigenvalue weighted by Crippen LogP contribution is 2.41. The fourth-order valence-corrected chi connectivity index (χ4v) is 4.68. The molecular formula is C19H16Cl2N2OS. The lowest BCUT2D eigenvalue weighted by Crippen LogP contribution is -2.03. The summed E-state index contributed by atoms with van der Waals surface area (Å²) in [4.78, 5) is 6.12. The van der Waals surface area contributed by atoms with Crippen LogP contribution in [0.5, 0.6) is 5.75 Å². The molecule has 0 aliphatic heterocycles. The molecule has 1 N–H and O–H groups in total. The summed E-state index contributed by atoms with van der Waals surface area (Å²) in [5.74, 6) is 0.935. The Morgan fingerprint density at radius 2 is 1.84 bits per heavy atom. The summed E-state index contributed by atoms with van der Waals surface area (Å²) in [5, 5.41) is 5.38. The zero-order valence-electron chi connectivity index (χ0n) is 13.8. The first-order chi connectivity index (χ1) is 12.0. The van der Waals surface area contributed by atoms with E-state index in [-0.39, 0.29) is 0 Å². The minimum absolute atomic E-state index is 0.601. The van der Waals surface area contributed by atoms with Crippen LogP contribution < -0.4 is 10.1 Å². The standard InChI is InChI=1S/C19H16Cl2N2OS/c1-10-5-15-11(6-16(10)24-2)3-4-17-18(15)23-19(25-17)22-14-8-12(20)7-13(21)9-14/h5-9H,3-4H2,1-2H3,(H,22,23). The van der Waals surface area contributed by atoms with Crippen LogP contribution in [-0.4, -0.2) is 12.1 Å². The van der Waals surface area contributed by atoms with Crippen LogP contribution in [0.3, 0.4) is 0 Å². The van der Waals surface area contributed by atoms with E-state index in [1.807, 2.05) is 12.1 Å². The van der Waals surface area contributed by atoms with E-state index in [2.05, 4.69) is 24.4 Å². The minimum Gasteiger partial charge on any atom is -0.496 e. The van der Waals surface area contributed by atoms with Gasteiger partial charge in [0.25, 0.3) is 0 Å². The smallest absolute Gasteiger partial charge is 0.187 e. The van der Waals surface area contributed by atoms with Gasteiger partial charge in [0.1, 0.15) is 5.75 Å². The summed E-state index contributed by atoms with van der Waals surface area (Å²) in [6, 6.07) is 9.71. The predicted octanol–water partition coefficient (Wildman–Crippen LogP) is 6.28. The monoisotopic (exact) mass is 390 g/mol. The maximum Gasteiger partial charge on any atom is 0.187 e. The number of thiazole rings is 1. The van der Waals surface area contributed by atoms with Crippen LogP contribution >= 0.6 is 34.5 Å². The molecule has 128 valence electrons. The van der Waals surface area contributed by atoms with E-state index >= 15 is 0 Å². The quantitative estimate of drug-likeness (QED) is 0.571. The summed E-state index contributed by atoms with van der Waals surface area (Å²) in [6.45, 7) is 2.06. The van der Waals surface area contributed by atoms with Gasteiger partial charge in [-0.05, 0) is 61.2 Å². The van der Waals surface area contributed by atoms with Crippen LogP contribution in [0.1, 0.15) is 16.0 Å². The summed E-state index contributed by atoms with van der Waals surface area (Å²) >= 11 is 13.8. The van der Waals surface area contributed by atoms with Gasteiger partial charge < -0.3 is 10.1 Å². The van der Waals surface area contributed by atoms with Gasteiger partial charge in [-0.2, -0.15) is 0 Å². The fourth-order valence-electron chi connectivity index (χ4n) is 3.16. The maximum absolute atomic E-state index is 6.08. The first-order valence-corrected chi connectivity index (χ1v) is 9.51. The molecule has 0 bridgehead atoms. The van der Waals surface area contributed by atoms with Gasteiger partial charge >= 0.3 is 0 Å². The second-order valence-electron chi connectivity index (χ2n) is 6.05. The number of hydrogen-bond donors (Lipinski definition) is 1. The Hall–Kier alpha value is -1.75. The molecule has 1 aromatic heterocycles. The first kappa shape index (κ1) is 16.7. The Bertz CT molecular complexity index is 948. The number of ether oxygens (including phenoxy) is 1. The molecule has 3 aromatic rings. The Balaban J connectivity index is 1.71.